The summed E-state index contributed by atoms with van der Waals surface area (Å²) in [4.78, 5) is 20.2. The molecule has 0 amide bonds. The van der Waals surface area contributed by atoms with Crippen LogP contribution in [0.3, 0.4) is 0 Å². The molecular weight excluding hydrogens is 184 g/mol. The normalized spacial score (nSPS) is 9.57. The number of ether oxygens (including phenoxy) is 2. The van der Waals surface area contributed by atoms with Gasteiger partial charge in [0.15, 0.2) is 0 Å². The van der Waals surface area contributed by atoms with Gasteiger partial charge in [-0.15, -0.1) is 0 Å². The van der Waals surface area contributed by atoms with E-state index < -0.39 is 0 Å². The van der Waals surface area contributed by atoms with E-state index in [1.54, 1.807) is 6.92 Å². The lowest BCUT2D eigenvalue weighted by Crippen LogP contribution is -2.21. The van der Waals surface area contributed by atoms with Gasteiger partial charge in [-0.1, -0.05) is 6.92 Å². The Labute approximate surface area is 85.6 Å². The van der Waals surface area contributed by atoms with E-state index in [1.807, 2.05) is 20.8 Å². The molecule has 14 heavy (non-hydrogen) atoms. The lowest BCUT2D eigenvalue weighted by Gasteiger charge is -2.17. The SMILES string of the molecule is CC(=O)OC(C)(C)C.CCC(=O)OC. The van der Waals surface area contributed by atoms with Gasteiger partial charge in [0.05, 0.1) is 7.11 Å². The molecule has 0 radical (unpaired) electrons. The Balaban J connectivity index is 0. The zero-order chi connectivity index (χ0) is 11.8. The molecule has 0 unspecified atom stereocenters. The van der Waals surface area contributed by atoms with Crippen molar-refractivity contribution in [3.05, 3.63) is 0 Å². The van der Waals surface area contributed by atoms with Crippen molar-refractivity contribution >= 4 is 11.9 Å². The maximum Gasteiger partial charge on any atom is 0.305 e. The highest BCUT2D eigenvalue weighted by atomic mass is 16.6. The molecule has 4 nitrogen and oxygen atoms in total. The van der Waals surface area contributed by atoms with Crippen LogP contribution in [0.1, 0.15) is 41.0 Å². The summed E-state index contributed by atoms with van der Waals surface area (Å²) < 4.78 is 9.06. The first kappa shape index (κ1) is 15.4. The summed E-state index contributed by atoms with van der Waals surface area (Å²) in [6.07, 6.45) is 0.469. The Kier molecular flexibility index (Phi) is 8.10. The third-order valence-electron chi connectivity index (χ3n) is 0.966. The van der Waals surface area contributed by atoms with Crippen LogP contribution in [0.15, 0.2) is 0 Å². The molecule has 0 aromatic rings. The molecule has 84 valence electrons. The molecule has 0 aromatic heterocycles. The Bertz CT molecular complexity index is 173. The molecule has 0 atom stereocenters. The number of carbonyl (C=O) groups is 2. The zero-order valence-electron chi connectivity index (χ0n) is 9.84. The van der Waals surface area contributed by atoms with Crippen LogP contribution in [0.2, 0.25) is 0 Å². The largest absolute Gasteiger partial charge is 0.469 e. The second-order valence-corrected chi connectivity index (χ2v) is 3.64. The average molecular weight is 204 g/mol. The molecule has 0 N–H and O–H groups in total. The second-order valence-electron chi connectivity index (χ2n) is 3.64. The molecule has 0 aromatic carbocycles. The predicted molar refractivity (Wildman–Crippen MR) is 53.8 cm³/mol. The molecule has 0 spiro atoms. The van der Waals surface area contributed by atoms with Gasteiger partial charge in [0.25, 0.3) is 0 Å². The van der Waals surface area contributed by atoms with Gasteiger partial charge in [-0.25, -0.2) is 0 Å². The fourth-order valence-corrected chi connectivity index (χ4v) is 0.576. The van der Waals surface area contributed by atoms with Crippen molar-refractivity contribution in [3.63, 3.8) is 0 Å². The minimum atomic E-state index is -0.328. The lowest BCUT2D eigenvalue weighted by molar-refractivity contribution is -0.151. The van der Waals surface area contributed by atoms with Gasteiger partial charge in [-0.2, -0.15) is 0 Å². The van der Waals surface area contributed by atoms with E-state index in [9.17, 15) is 9.59 Å². The molecule has 0 fully saturated rings. The molecule has 0 saturated carbocycles. The van der Waals surface area contributed by atoms with Gasteiger partial charge >= 0.3 is 11.9 Å². The lowest BCUT2D eigenvalue weighted by atomic mass is 10.2. The molecule has 0 rings (SSSR count). The number of esters is 2. The van der Waals surface area contributed by atoms with Crippen molar-refractivity contribution in [1.29, 1.82) is 0 Å². The standard InChI is InChI=1S/C6H12O2.C4H8O2/c1-5(7)8-6(2,3)4;1-3-4(5)6-2/h1-4H3;3H2,1-2H3. The van der Waals surface area contributed by atoms with Crippen LogP contribution in [0.25, 0.3) is 0 Å². The summed E-state index contributed by atoms with van der Waals surface area (Å²) in [6, 6.07) is 0. The molecule has 0 aliphatic rings. The fraction of sp³-hybridized carbons (Fsp3) is 0.800. The summed E-state index contributed by atoms with van der Waals surface area (Å²) in [5.74, 6) is -0.382. The van der Waals surface area contributed by atoms with Crippen molar-refractivity contribution in [3.8, 4) is 0 Å². The summed E-state index contributed by atoms with van der Waals surface area (Å²) in [7, 11) is 1.38. The third kappa shape index (κ3) is 17.1. The Morgan fingerprint density at radius 1 is 1.21 bits per heavy atom. The minimum Gasteiger partial charge on any atom is -0.469 e. The van der Waals surface area contributed by atoms with Gasteiger partial charge in [0, 0.05) is 13.3 Å². The van der Waals surface area contributed by atoms with E-state index in [0.717, 1.165) is 0 Å². The molecule has 0 aliphatic heterocycles. The number of hydrogen-bond donors (Lipinski definition) is 0. The summed E-state index contributed by atoms with van der Waals surface area (Å²) in [5.41, 5.74) is -0.328. The van der Waals surface area contributed by atoms with Crippen LogP contribution in [0, 0.1) is 0 Å². The van der Waals surface area contributed by atoms with Gasteiger partial charge < -0.3 is 9.47 Å². The Morgan fingerprint density at radius 3 is 1.64 bits per heavy atom. The number of methoxy groups -OCH3 is 1. The summed E-state index contributed by atoms with van der Waals surface area (Å²) in [6.45, 7) is 8.69. The minimum absolute atomic E-state index is 0.157. The highest BCUT2D eigenvalue weighted by Gasteiger charge is 2.11. The zero-order valence-corrected chi connectivity index (χ0v) is 9.84. The Hall–Kier alpha value is -1.06. The van der Waals surface area contributed by atoms with Crippen LogP contribution < -0.4 is 0 Å². The van der Waals surface area contributed by atoms with E-state index >= 15 is 0 Å². The number of carbonyl (C=O) groups excluding carboxylic acids is 2. The fourth-order valence-electron chi connectivity index (χ4n) is 0.576. The van der Waals surface area contributed by atoms with Crippen LogP contribution in [-0.2, 0) is 19.1 Å². The highest BCUT2D eigenvalue weighted by Crippen LogP contribution is 2.05. The van der Waals surface area contributed by atoms with Gasteiger partial charge in [0.2, 0.25) is 0 Å². The van der Waals surface area contributed by atoms with Crippen molar-refractivity contribution in [1.82, 2.24) is 0 Å². The second kappa shape index (κ2) is 7.35. The van der Waals surface area contributed by atoms with Crippen molar-refractivity contribution in [2.75, 3.05) is 7.11 Å². The van der Waals surface area contributed by atoms with E-state index in [1.165, 1.54) is 14.0 Å². The van der Waals surface area contributed by atoms with E-state index in [0.29, 0.717) is 6.42 Å². The van der Waals surface area contributed by atoms with Gasteiger partial charge in [-0.05, 0) is 20.8 Å². The number of hydrogen-bond acceptors (Lipinski definition) is 4. The van der Waals surface area contributed by atoms with Gasteiger partial charge in [-0.3, -0.25) is 9.59 Å². The van der Waals surface area contributed by atoms with Crippen molar-refractivity contribution in [2.45, 2.75) is 46.6 Å². The average Bonchev–Trinajstić information content (AvgIpc) is 1.99. The molecular formula is C10H20O4. The number of rotatable bonds is 1. The monoisotopic (exact) mass is 204 g/mol. The van der Waals surface area contributed by atoms with Crippen LogP contribution >= 0.6 is 0 Å². The third-order valence-corrected chi connectivity index (χ3v) is 0.966. The van der Waals surface area contributed by atoms with E-state index in [-0.39, 0.29) is 17.5 Å². The van der Waals surface area contributed by atoms with Crippen molar-refractivity contribution in [2.24, 2.45) is 0 Å². The predicted octanol–water partition coefficient (Wildman–Crippen LogP) is 1.92. The smallest absolute Gasteiger partial charge is 0.305 e. The summed E-state index contributed by atoms with van der Waals surface area (Å²) >= 11 is 0. The highest BCUT2D eigenvalue weighted by molar-refractivity contribution is 5.68. The molecule has 0 heterocycles. The van der Waals surface area contributed by atoms with Gasteiger partial charge in [0.1, 0.15) is 5.60 Å². The maximum atomic E-state index is 10.2. The quantitative estimate of drug-likeness (QED) is 0.612. The first-order valence-electron chi connectivity index (χ1n) is 4.49. The van der Waals surface area contributed by atoms with Crippen molar-refractivity contribution < 1.29 is 19.1 Å². The van der Waals surface area contributed by atoms with Crippen LogP contribution in [0.4, 0.5) is 0 Å². The molecule has 0 bridgehead atoms. The van der Waals surface area contributed by atoms with Crippen LogP contribution in [-0.4, -0.2) is 24.6 Å². The molecule has 0 saturated heterocycles. The summed E-state index contributed by atoms with van der Waals surface area (Å²) in [5, 5.41) is 0. The van der Waals surface area contributed by atoms with Crippen LogP contribution in [0.5, 0.6) is 0 Å². The topological polar surface area (TPSA) is 52.6 Å². The maximum absolute atomic E-state index is 10.2. The Morgan fingerprint density at radius 2 is 1.64 bits per heavy atom. The van der Waals surface area contributed by atoms with E-state index in [2.05, 4.69) is 4.74 Å². The first-order valence-corrected chi connectivity index (χ1v) is 4.49. The molecule has 0 aliphatic carbocycles. The van der Waals surface area contributed by atoms with E-state index in [4.69, 9.17) is 4.74 Å². The first-order chi connectivity index (χ1) is 6.22. The molecule has 4 heteroatoms.